The molecule has 0 amide bonds. The standard InChI is InChI=1S/C13H17NO2/c1-8-3-4-10(5-9(8)2)13-6-11(14-7-13)12(15)16-13/h3-5,11-12,14-15H,6-7H2,1-2H3. The largest absolute Gasteiger partial charge is 0.367 e. The van der Waals surface area contributed by atoms with Crippen molar-refractivity contribution in [1.82, 2.24) is 5.32 Å². The fourth-order valence-electron chi connectivity index (χ4n) is 2.71. The van der Waals surface area contributed by atoms with Gasteiger partial charge in [-0.3, -0.25) is 0 Å². The Morgan fingerprint density at radius 2 is 2.19 bits per heavy atom. The van der Waals surface area contributed by atoms with E-state index in [1.54, 1.807) is 0 Å². The molecule has 86 valence electrons. The van der Waals surface area contributed by atoms with Gasteiger partial charge in [-0.05, 0) is 30.5 Å². The third-order valence-corrected chi connectivity index (χ3v) is 3.92. The van der Waals surface area contributed by atoms with Crippen LogP contribution < -0.4 is 5.32 Å². The molecule has 2 aliphatic heterocycles. The third-order valence-electron chi connectivity index (χ3n) is 3.92. The number of aryl methyl sites for hydroxylation is 2. The highest BCUT2D eigenvalue weighted by molar-refractivity contribution is 5.35. The molecule has 16 heavy (non-hydrogen) atoms. The third kappa shape index (κ3) is 1.32. The van der Waals surface area contributed by atoms with Crippen molar-refractivity contribution in [2.75, 3.05) is 6.54 Å². The van der Waals surface area contributed by atoms with Gasteiger partial charge >= 0.3 is 0 Å². The number of morpholine rings is 1. The summed E-state index contributed by atoms with van der Waals surface area (Å²) in [5.74, 6) is 0. The number of aliphatic hydroxyl groups is 1. The Hall–Kier alpha value is -0.900. The van der Waals surface area contributed by atoms with E-state index in [-0.39, 0.29) is 11.6 Å². The second-order valence-electron chi connectivity index (χ2n) is 4.99. The minimum Gasteiger partial charge on any atom is -0.367 e. The van der Waals surface area contributed by atoms with Gasteiger partial charge in [0, 0.05) is 13.0 Å². The molecule has 0 saturated carbocycles. The lowest BCUT2D eigenvalue weighted by Gasteiger charge is -2.29. The van der Waals surface area contributed by atoms with Crippen LogP contribution in [0.15, 0.2) is 18.2 Å². The van der Waals surface area contributed by atoms with E-state index in [0.29, 0.717) is 0 Å². The number of hydrogen-bond donors (Lipinski definition) is 2. The molecule has 0 radical (unpaired) electrons. The maximum atomic E-state index is 9.69. The van der Waals surface area contributed by atoms with Crippen LogP contribution in [-0.4, -0.2) is 24.0 Å². The fraction of sp³-hybridized carbons (Fsp3) is 0.538. The Balaban J connectivity index is 2.00. The summed E-state index contributed by atoms with van der Waals surface area (Å²) < 4.78 is 5.72. The molecule has 3 nitrogen and oxygen atoms in total. The summed E-state index contributed by atoms with van der Waals surface area (Å²) in [6.45, 7) is 5.02. The van der Waals surface area contributed by atoms with E-state index < -0.39 is 6.29 Å². The molecular formula is C13H17NO2. The maximum Gasteiger partial charge on any atom is 0.171 e. The van der Waals surface area contributed by atoms with Crippen molar-refractivity contribution in [3.05, 3.63) is 34.9 Å². The zero-order chi connectivity index (χ0) is 11.3. The van der Waals surface area contributed by atoms with Gasteiger partial charge in [0.15, 0.2) is 6.29 Å². The van der Waals surface area contributed by atoms with Crippen molar-refractivity contribution in [3.63, 3.8) is 0 Å². The van der Waals surface area contributed by atoms with E-state index in [4.69, 9.17) is 4.74 Å². The fourth-order valence-corrected chi connectivity index (χ4v) is 2.71. The van der Waals surface area contributed by atoms with Crippen molar-refractivity contribution < 1.29 is 9.84 Å². The second kappa shape index (κ2) is 3.29. The van der Waals surface area contributed by atoms with E-state index >= 15 is 0 Å². The van der Waals surface area contributed by atoms with Crippen LogP contribution in [0.25, 0.3) is 0 Å². The first-order valence-electron chi connectivity index (χ1n) is 5.78. The lowest BCUT2D eigenvalue weighted by Crippen LogP contribution is -2.43. The molecule has 2 fully saturated rings. The monoisotopic (exact) mass is 219 g/mol. The second-order valence-corrected chi connectivity index (χ2v) is 4.99. The van der Waals surface area contributed by atoms with E-state index in [1.807, 2.05) is 0 Å². The summed E-state index contributed by atoms with van der Waals surface area (Å²) in [5, 5.41) is 13.0. The average Bonchev–Trinajstić information content (AvgIpc) is 2.80. The lowest BCUT2D eigenvalue weighted by molar-refractivity contribution is -0.163. The summed E-state index contributed by atoms with van der Waals surface area (Å²) in [6.07, 6.45) is 0.215. The van der Waals surface area contributed by atoms with Crippen molar-refractivity contribution in [2.45, 2.75) is 38.2 Å². The van der Waals surface area contributed by atoms with Crippen molar-refractivity contribution in [1.29, 1.82) is 0 Å². The van der Waals surface area contributed by atoms with Crippen LogP contribution in [0.5, 0.6) is 0 Å². The van der Waals surface area contributed by atoms with Gasteiger partial charge in [-0.25, -0.2) is 0 Å². The van der Waals surface area contributed by atoms with E-state index in [2.05, 4.69) is 37.4 Å². The molecule has 3 atom stereocenters. The molecular weight excluding hydrogens is 202 g/mol. The summed E-state index contributed by atoms with van der Waals surface area (Å²) >= 11 is 0. The lowest BCUT2D eigenvalue weighted by atomic mass is 9.90. The van der Waals surface area contributed by atoms with Crippen molar-refractivity contribution in [3.8, 4) is 0 Å². The van der Waals surface area contributed by atoms with Crippen molar-refractivity contribution >= 4 is 0 Å². The molecule has 1 aromatic rings. The highest BCUT2D eigenvalue weighted by Crippen LogP contribution is 2.43. The number of rotatable bonds is 1. The van der Waals surface area contributed by atoms with Gasteiger partial charge in [-0.15, -0.1) is 0 Å². The zero-order valence-electron chi connectivity index (χ0n) is 9.66. The number of fused-ring (bicyclic) bond motifs is 2. The summed E-state index contributed by atoms with van der Waals surface area (Å²) in [4.78, 5) is 0. The molecule has 3 heteroatoms. The smallest absolute Gasteiger partial charge is 0.171 e. The molecule has 1 aromatic carbocycles. The number of ether oxygens (including phenoxy) is 1. The van der Waals surface area contributed by atoms with E-state index in [0.717, 1.165) is 13.0 Å². The van der Waals surface area contributed by atoms with Crippen LogP contribution in [0.3, 0.4) is 0 Å². The molecule has 3 rings (SSSR count). The van der Waals surface area contributed by atoms with Gasteiger partial charge in [0.25, 0.3) is 0 Å². The van der Waals surface area contributed by atoms with Crippen LogP contribution in [0.4, 0.5) is 0 Å². The Labute approximate surface area is 95.4 Å². The number of hydrogen-bond acceptors (Lipinski definition) is 3. The summed E-state index contributed by atoms with van der Waals surface area (Å²) in [6, 6.07) is 6.52. The van der Waals surface area contributed by atoms with Gasteiger partial charge in [-0.1, -0.05) is 18.2 Å². The topological polar surface area (TPSA) is 41.5 Å². The van der Waals surface area contributed by atoms with Gasteiger partial charge in [0.2, 0.25) is 0 Å². The predicted octanol–water partition coefficient (Wildman–Crippen LogP) is 1.21. The van der Waals surface area contributed by atoms with Crippen LogP contribution in [0, 0.1) is 13.8 Å². The van der Waals surface area contributed by atoms with Crippen LogP contribution in [0.1, 0.15) is 23.1 Å². The minimum atomic E-state index is -0.657. The first-order chi connectivity index (χ1) is 7.61. The number of aliphatic hydroxyl groups excluding tert-OH is 1. The average molecular weight is 219 g/mol. The Morgan fingerprint density at radius 3 is 2.75 bits per heavy atom. The van der Waals surface area contributed by atoms with Crippen LogP contribution in [0.2, 0.25) is 0 Å². The Morgan fingerprint density at radius 1 is 1.38 bits per heavy atom. The molecule has 2 aliphatic rings. The quantitative estimate of drug-likeness (QED) is 0.746. The molecule has 0 aromatic heterocycles. The number of nitrogens with one attached hydrogen (secondary N) is 1. The number of benzene rings is 1. The minimum absolute atomic E-state index is 0.0987. The van der Waals surface area contributed by atoms with Crippen LogP contribution >= 0.6 is 0 Å². The molecule has 0 aliphatic carbocycles. The first-order valence-corrected chi connectivity index (χ1v) is 5.78. The molecule has 2 N–H and O–H groups in total. The van der Waals surface area contributed by atoms with Gasteiger partial charge in [0.1, 0.15) is 5.60 Å². The highest BCUT2D eigenvalue weighted by atomic mass is 16.6. The first kappa shape index (κ1) is 10.3. The van der Waals surface area contributed by atoms with E-state index in [1.165, 1.54) is 16.7 Å². The molecule has 2 heterocycles. The summed E-state index contributed by atoms with van der Waals surface area (Å²) in [7, 11) is 0. The zero-order valence-corrected chi connectivity index (χ0v) is 9.66. The van der Waals surface area contributed by atoms with Gasteiger partial charge < -0.3 is 15.2 Å². The molecule has 0 spiro atoms. The predicted molar refractivity (Wildman–Crippen MR) is 61.1 cm³/mol. The van der Waals surface area contributed by atoms with Crippen LogP contribution in [-0.2, 0) is 10.3 Å². The molecule has 3 unspecified atom stereocenters. The highest BCUT2D eigenvalue weighted by Gasteiger charge is 2.52. The van der Waals surface area contributed by atoms with Crippen molar-refractivity contribution in [2.24, 2.45) is 0 Å². The molecule has 2 saturated heterocycles. The van der Waals surface area contributed by atoms with Gasteiger partial charge in [-0.2, -0.15) is 0 Å². The normalized spacial score (nSPS) is 36.9. The van der Waals surface area contributed by atoms with E-state index in [9.17, 15) is 5.11 Å². The molecule has 2 bridgehead atoms. The van der Waals surface area contributed by atoms with Gasteiger partial charge in [0.05, 0.1) is 6.04 Å². The Kier molecular flexibility index (Phi) is 2.11. The maximum absolute atomic E-state index is 9.69. The SMILES string of the molecule is Cc1ccc(C23CNC(C2)C(O)O3)cc1C. The summed E-state index contributed by atoms with van der Waals surface area (Å²) in [5.41, 5.74) is 3.45. The Bertz CT molecular complexity index is 428.